The summed E-state index contributed by atoms with van der Waals surface area (Å²) in [6.07, 6.45) is 0. The van der Waals surface area contributed by atoms with Crippen LogP contribution in [0.3, 0.4) is 0 Å². The number of carbonyl (C=O) groups is 2. The first-order chi connectivity index (χ1) is 7.51. The third-order valence-electron chi connectivity index (χ3n) is 1.85. The zero-order chi connectivity index (χ0) is 12.1. The third-order valence-corrected chi connectivity index (χ3v) is 2.10. The van der Waals surface area contributed by atoms with Gasteiger partial charge in [0.05, 0.1) is 0 Å². The van der Waals surface area contributed by atoms with Crippen molar-refractivity contribution in [3.05, 3.63) is 29.3 Å². The van der Waals surface area contributed by atoms with E-state index in [0.29, 0.717) is 5.69 Å². The number of halogens is 1. The number of benzene rings is 1. The summed E-state index contributed by atoms with van der Waals surface area (Å²) >= 11 is 5.26. The number of hydrogen-bond donors (Lipinski definition) is 2. The van der Waals surface area contributed by atoms with Crippen molar-refractivity contribution in [3.63, 3.8) is 0 Å². The molecule has 0 atom stereocenters. The lowest BCUT2D eigenvalue weighted by Gasteiger charge is -2.07. The molecule has 4 nitrogen and oxygen atoms in total. The molecular formula is C11H13ClN2O2. The van der Waals surface area contributed by atoms with Gasteiger partial charge in [0.15, 0.2) is 0 Å². The summed E-state index contributed by atoms with van der Waals surface area (Å²) in [6.45, 7) is 3.86. The topological polar surface area (TPSA) is 58.2 Å². The molecule has 1 aromatic carbocycles. The van der Waals surface area contributed by atoms with Crippen molar-refractivity contribution in [2.24, 2.45) is 0 Å². The van der Waals surface area contributed by atoms with Gasteiger partial charge in [-0.15, -0.1) is 11.6 Å². The number of imide groups is 1. The average Bonchev–Trinajstić information content (AvgIpc) is 2.15. The maximum absolute atomic E-state index is 11.3. The second kappa shape index (κ2) is 5.51. The number of alkyl halides is 1. The molecule has 0 radical (unpaired) electrons. The quantitative estimate of drug-likeness (QED) is 0.779. The predicted molar refractivity (Wildman–Crippen MR) is 63.8 cm³/mol. The summed E-state index contributed by atoms with van der Waals surface area (Å²) in [7, 11) is 0. The molecular weight excluding hydrogens is 228 g/mol. The smallest absolute Gasteiger partial charge is 0.308 e. The van der Waals surface area contributed by atoms with E-state index in [1.165, 1.54) is 0 Å². The normalized spacial score (nSPS) is 9.69. The second-order valence-corrected chi connectivity index (χ2v) is 3.78. The molecule has 0 spiro atoms. The number of rotatable bonds is 2. The number of anilines is 1. The molecule has 2 N–H and O–H groups in total. The molecule has 0 aliphatic carbocycles. The van der Waals surface area contributed by atoms with Crippen LogP contribution < -0.4 is 10.6 Å². The molecule has 3 amide bonds. The fourth-order valence-corrected chi connectivity index (χ4v) is 1.44. The number of aryl methyl sites for hydroxylation is 2. The minimum atomic E-state index is -0.573. The lowest BCUT2D eigenvalue weighted by molar-refractivity contribution is -0.117. The Morgan fingerprint density at radius 1 is 1.19 bits per heavy atom. The van der Waals surface area contributed by atoms with E-state index >= 15 is 0 Å². The zero-order valence-electron chi connectivity index (χ0n) is 9.13. The van der Waals surface area contributed by atoms with Gasteiger partial charge in [0.1, 0.15) is 5.88 Å². The highest BCUT2D eigenvalue weighted by molar-refractivity contribution is 6.28. The Labute approximate surface area is 99.0 Å². The van der Waals surface area contributed by atoms with Crippen LogP contribution in [0.4, 0.5) is 10.5 Å². The first-order valence-corrected chi connectivity index (χ1v) is 5.30. The molecule has 0 saturated carbocycles. The fourth-order valence-electron chi connectivity index (χ4n) is 1.37. The van der Waals surface area contributed by atoms with Crippen LogP contribution in [0.2, 0.25) is 0 Å². The maximum Gasteiger partial charge on any atom is 0.325 e. The molecule has 0 aliphatic rings. The van der Waals surface area contributed by atoms with Crippen LogP contribution in [0.25, 0.3) is 0 Å². The third kappa shape index (κ3) is 3.90. The summed E-state index contributed by atoms with van der Waals surface area (Å²) < 4.78 is 0. The Bertz CT molecular complexity index is 398. The summed E-state index contributed by atoms with van der Waals surface area (Å²) in [6, 6.07) is 5.05. The van der Waals surface area contributed by atoms with Crippen molar-refractivity contribution in [3.8, 4) is 0 Å². The van der Waals surface area contributed by atoms with Gasteiger partial charge in [0, 0.05) is 5.69 Å². The molecule has 0 fully saturated rings. The lowest BCUT2D eigenvalue weighted by atomic mass is 10.1. The Balaban J connectivity index is 2.66. The largest absolute Gasteiger partial charge is 0.325 e. The highest BCUT2D eigenvalue weighted by Gasteiger charge is 2.06. The summed E-state index contributed by atoms with van der Waals surface area (Å²) in [4.78, 5) is 22.1. The number of carbonyl (C=O) groups excluding carboxylic acids is 2. The van der Waals surface area contributed by atoms with Gasteiger partial charge in [-0.05, 0) is 37.1 Å². The number of nitrogens with one attached hydrogen (secondary N) is 2. The fraction of sp³-hybridized carbons (Fsp3) is 0.273. The Kier molecular flexibility index (Phi) is 4.31. The van der Waals surface area contributed by atoms with Crippen molar-refractivity contribution >= 4 is 29.2 Å². The van der Waals surface area contributed by atoms with Crippen molar-refractivity contribution in [2.45, 2.75) is 13.8 Å². The van der Waals surface area contributed by atoms with Gasteiger partial charge in [-0.1, -0.05) is 6.07 Å². The lowest BCUT2D eigenvalue weighted by Crippen LogP contribution is -2.35. The number of hydrogen-bond acceptors (Lipinski definition) is 2. The number of amides is 3. The van der Waals surface area contributed by atoms with Crippen LogP contribution in [0.5, 0.6) is 0 Å². The van der Waals surface area contributed by atoms with Crippen molar-refractivity contribution in [1.29, 1.82) is 0 Å². The standard InChI is InChI=1S/C11H13ClN2O2/c1-7-3-8(2)5-9(4-7)13-11(16)14-10(15)6-12/h3-5H,6H2,1-2H3,(H2,13,14,15,16). The van der Waals surface area contributed by atoms with Crippen LogP contribution in [-0.2, 0) is 4.79 Å². The average molecular weight is 241 g/mol. The highest BCUT2D eigenvalue weighted by Crippen LogP contribution is 2.13. The predicted octanol–water partition coefficient (Wildman–Crippen LogP) is 2.19. The van der Waals surface area contributed by atoms with E-state index in [9.17, 15) is 9.59 Å². The number of urea groups is 1. The van der Waals surface area contributed by atoms with E-state index in [-0.39, 0.29) is 5.88 Å². The molecule has 0 aromatic heterocycles. The van der Waals surface area contributed by atoms with Crippen molar-refractivity contribution in [1.82, 2.24) is 5.32 Å². The van der Waals surface area contributed by atoms with Crippen LogP contribution in [0, 0.1) is 13.8 Å². The van der Waals surface area contributed by atoms with Gasteiger partial charge in [0.2, 0.25) is 5.91 Å². The van der Waals surface area contributed by atoms with E-state index in [1.807, 2.05) is 32.0 Å². The summed E-state index contributed by atoms with van der Waals surface area (Å²) in [5, 5.41) is 4.66. The van der Waals surface area contributed by atoms with Crippen LogP contribution in [-0.4, -0.2) is 17.8 Å². The molecule has 0 saturated heterocycles. The molecule has 0 bridgehead atoms. The van der Waals surface area contributed by atoms with Gasteiger partial charge in [-0.25, -0.2) is 4.79 Å². The molecule has 1 rings (SSSR count). The Hall–Kier alpha value is -1.55. The van der Waals surface area contributed by atoms with Gasteiger partial charge < -0.3 is 5.32 Å². The minimum absolute atomic E-state index is 0.236. The maximum atomic E-state index is 11.3. The zero-order valence-corrected chi connectivity index (χ0v) is 9.89. The van der Waals surface area contributed by atoms with Crippen molar-refractivity contribution in [2.75, 3.05) is 11.2 Å². The SMILES string of the molecule is Cc1cc(C)cc(NC(=O)NC(=O)CCl)c1. The molecule has 0 aliphatic heterocycles. The van der Waals surface area contributed by atoms with E-state index < -0.39 is 11.9 Å². The molecule has 86 valence electrons. The highest BCUT2D eigenvalue weighted by atomic mass is 35.5. The second-order valence-electron chi connectivity index (χ2n) is 3.51. The van der Waals surface area contributed by atoms with E-state index in [1.54, 1.807) is 0 Å². The molecule has 0 heterocycles. The monoisotopic (exact) mass is 240 g/mol. The summed E-state index contributed by atoms with van der Waals surface area (Å²) in [5.74, 6) is -0.760. The van der Waals surface area contributed by atoms with Gasteiger partial charge in [-0.3, -0.25) is 10.1 Å². The van der Waals surface area contributed by atoms with E-state index in [0.717, 1.165) is 11.1 Å². The summed E-state index contributed by atoms with van der Waals surface area (Å²) in [5.41, 5.74) is 2.73. The first kappa shape index (κ1) is 12.5. The molecule has 1 aromatic rings. The minimum Gasteiger partial charge on any atom is -0.308 e. The molecule has 0 unspecified atom stereocenters. The van der Waals surface area contributed by atoms with Crippen LogP contribution >= 0.6 is 11.6 Å². The van der Waals surface area contributed by atoms with Gasteiger partial charge >= 0.3 is 6.03 Å². The molecule has 16 heavy (non-hydrogen) atoms. The van der Waals surface area contributed by atoms with Crippen molar-refractivity contribution < 1.29 is 9.59 Å². The van der Waals surface area contributed by atoms with Crippen LogP contribution in [0.1, 0.15) is 11.1 Å². The van der Waals surface area contributed by atoms with E-state index in [4.69, 9.17) is 11.6 Å². The van der Waals surface area contributed by atoms with Gasteiger partial charge in [-0.2, -0.15) is 0 Å². The van der Waals surface area contributed by atoms with E-state index in [2.05, 4.69) is 10.6 Å². The Morgan fingerprint density at radius 2 is 1.75 bits per heavy atom. The first-order valence-electron chi connectivity index (χ1n) is 4.76. The Morgan fingerprint density at radius 3 is 2.25 bits per heavy atom. The van der Waals surface area contributed by atoms with Crippen LogP contribution in [0.15, 0.2) is 18.2 Å². The van der Waals surface area contributed by atoms with Gasteiger partial charge in [0.25, 0.3) is 0 Å². The molecule has 5 heteroatoms.